The van der Waals surface area contributed by atoms with E-state index in [0.717, 1.165) is 16.9 Å². The second-order valence-corrected chi connectivity index (χ2v) is 3.81. The molecule has 0 aliphatic carbocycles. The van der Waals surface area contributed by atoms with Crippen LogP contribution in [0.4, 0.5) is 0 Å². The Labute approximate surface area is 94.6 Å². The molecular formula is C13H15NO2. The number of pyridine rings is 1. The van der Waals surface area contributed by atoms with Crippen molar-refractivity contribution in [3.8, 4) is 0 Å². The van der Waals surface area contributed by atoms with E-state index >= 15 is 0 Å². The molecule has 3 heteroatoms. The lowest BCUT2D eigenvalue weighted by atomic mass is 10.2. The summed E-state index contributed by atoms with van der Waals surface area (Å²) >= 11 is 0. The van der Waals surface area contributed by atoms with Crippen molar-refractivity contribution in [1.82, 2.24) is 4.40 Å². The summed E-state index contributed by atoms with van der Waals surface area (Å²) in [6.07, 6.45) is 0. The van der Waals surface area contributed by atoms with Gasteiger partial charge in [-0.05, 0) is 39.0 Å². The predicted octanol–water partition coefficient (Wildman–Crippen LogP) is 2.73. The Balaban J connectivity index is 2.64. The molecule has 0 spiro atoms. The van der Waals surface area contributed by atoms with E-state index in [4.69, 9.17) is 4.74 Å². The Hall–Kier alpha value is -1.77. The lowest BCUT2D eigenvalue weighted by molar-refractivity contribution is 0.0529. The molecule has 0 amide bonds. The molecule has 0 bridgehead atoms. The third-order valence-electron chi connectivity index (χ3n) is 2.66. The van der Waals surface area contributed by atoms with E-state index < -0.39 is 0 Å². The molecule has 2 aromatic heterocycles. The first-order chi connectivity index (χ1) is 7.65. The van der Waals surface area contributed by atoms with Crippen LogP contribution in [0, 0.1) is 13.8 Å². The van der Waals surface area contributed by atoms with Gasteiger partial charge in [-0.15, -0.1) is 0 Å². The van der Waals surface area contributed by atoms with Crippen LogP contribution >= 0.6 is 0 Å². The lowest BCUT2D eigenvalue weighted by Gasteiger charge is -2.03. The highest BCUT2D eigenvalue weighted by Crippen LogP contribution is 2.19. The summed E-state index contributed by atoms with van der Waals surface area (Å²) in [7, 11) is 0. The summed E-state index contributed by atoms with van der Waals surface area (Å²) in [5.74, 6) is -0.251. The summed E-state index contributed by atoms with van der Waals surface area (Å²) < 4.78 is 7.10. The van der Waals surface area contributed by atoms with Crippen LogP contribution in [0.3, 0.4) is 0 Å². The Morgan fingerprint density at radius 1 is 1.31 bits per heavy atom. The summed E-state index contributed by atoms with van der Waals surface area (Å²) in [6.45, 7) is 6.23. The zero-order valence-corrected chi connectivity index (χ0v) is 9.78. The summed E-state index contributed by atoms with van der Waals surface area (Å²) in [6, 6.07) is 7.79. The second-order valence-electron chi connectivity index (χ2n) is 3.81. The van der Waals surface area contributed by atoms with Crippen LogP contribution in [0.5, 0.6) is 0 Å². The number of esters is 1. The van der Waals surface area contributed by atoms with Crippen LogP contribution < -0.4 is 0 Å². The van der Waals surface area contributed by atoms with Crippen LogP contribution in [0.1, 0.15) is 28.7 Å². The smallest absolute Gasteiger partial charge is 0.340 e. The van der Waals surface area contributed by atoms with Gasteiger partial charge >= 0.3 is 5.97 Å². The Morgan fingerprint density at radius 2 is 2.06 bits per heavy atom. The number of carbonyl (C=O) groups excluding carboxylic acids is 1. The van der Waals surface area contributed by atoms with Gasteiger partial charge in [0.05, 0.1) is 17.7 Å². The van der Waals surface area contributed by atoms with Gasteiger partial charge in [0.2, 0.25) is 0 Å². The van der Waals surface area contributed by atoms with E-state index in [0.29, 0.717) is 12.2 Å². The average molecular weight is 217 g/mol. The van der Waals surface area contributed by atoms with E-state index in [-0.39, 0.29) is 5.97 Å². The highest BCUT2D eigenvalue weighted by Gasteiger charge is 2.14. The molecule has 0 aliphatic heterocycles. The fourth-order valence-corrected chi connectivity index (χ4v) is 2.02. The van der Waals surface area contributed by atoms with E-state index in [1.54, 1.807) is 0 Å². The topological polar surface area (TPSA) is 30.7 Å². The van der Waals surface area contributed by atoms with Crippen LogP contribution in [0.15, 0.2) is 24.3 Å². The number of ether oxygens (including phenoxy) is 1. The van der Waals surface area contributed by atoms with Crippen molar-refractivity contribution in [2.45, 2.75) is 20.8 Å². The number of rotatable bonds is 2. The highest BCUT2D eigenvalue weighted by atomic mass is 16.5. The average Bonchev–Trinajstić information content (AvgIpc) is 2.58. The molecule has 0 saturated heterocycles. The molecule has 0 radical (unpaired) electrons. The molecular weight excluding hydrogens is 202 g/mol. The monoisotopic (exact) mass is 217 g/mol. The molecule has 0 aromatic carbocycles. The number of hydrogen-bond acceptors (Lipinski definition) is 2. The Kier molecular flexibility index (Phi) is 2.69. The van der Waals surface area contributed by atoms with Crippen LogP contribution in [-0.4, -0.2) is 17.0 Å². The quantitative estimate of drug-likeness (QED) is 0.724. The van der Waals surface area contributed by atoms with Crippen LogP contribution in [0.25, 0.3) is 5.52 Å². The third kappa shape index (κ3) is 1.58. The van der Waals surface area contributed by atoms with E-state index in [9.17, 15) is 4.79 Å². The van der Waals surface area contributed by atoms with Gasteiger partial charge in [0.1, 0.15) is 0 Å². The number of aromatic nitrogens is 1. The maximum Gasteiger partial charge on any atom is 0.340 e. The molecule has 2 rings (SSSR count). The maximum atomic E-state index is 11.7. The van der Waals surface area contributed by atoms with E-state index in [2.05, 4.69) is 4.40 Å². The molecule has 0 unspecified atom stereocenters. The lowest BCUT2D eigenvalue weighted by Crippen LogP contribution is -2.04. The molecule has 0 N–H and O–H groups in total. The van der Waals surface area contributed by atoms with E-state index in [1.807, 2.05) is 45.0 Å². The minimum Gasteiger partial charge on any atom is -0.462 e. The number of hydrogen-bond donors (Lipinski definition) is 0. The first-order valence-corrected chi connectivity index (χ1v) is 5.40. The van der Waals surface area contributed by atoms with Gasteiger partial charge in [-0.25, -0.2) is 4.79 Å². The fraction of sp³-hybridized carbons (Fsp3) is 0.308. The Morgan fingerprint density at radius 3 is 2.75 bits per heavy atom. The molecule has 2 aromatic rings. The van der Waals surface area contributed by atoms with Crippen molar-refractivity contribution in [3.05, 3.63) is 41.2 Å². The third-order valence-corrected chi connectivity index (χ3v) is 2.66. The summed E-state index contributed by atoms with van der Waals surface area (Å²) in [5.41, 5.74) is 3.72. The fourth-order valence-electron chi connectivity index (χ4n) is 2.02. The largest absolute Gasteiger partial charge is 0.462 e. The number of fused-ring (bicyclic) bond motifs is 1. The summed E-state index contributed by atoms with van der Waals surface area (Å²) in [4.78, 5) is 11.7. The molecule has 84 valence electrons. The SMILES string of the molecule is CCOC(=O)c1cc(C)n2c(C)cccc12. The van der Waals surface area contributed by atoms with Gasteiger partial charge in [-0.2, -0.15) is 0 Å². The number of aryl methyl sites for hydroxylation is 2. The van der Waals surface area contributed by atoms with Crippen molar-refractivity contribution in [3.63, 3.8) is 0 Å². The van der Waals surface area contributed by atoms with E-state index in [1.165, 1.54) is 0 Å². The zero-order chi connectivity index (χ0) is 11.7. The van der Waals surface area contributed by atoms with Crippen LogP contribution in [0.2, 0.25) is 0 Å². The summed E-state index contributed by atoms with van der Waals surface area (Å²) in [5, 5.41) is 0. The maximum absolute atomic E-state index is 11.7. The molecule has 3 nitrogen and oxygen atoms in total. The molecule has 0 aliphatic rings. The predicted molar refractivity (Wildman–Crippen MR) is 62.8 cm³/mol. The zero-order valence-electron chi connectivity index (χ0n) is 9.78. The highest BCUT2D eigenvalue weighted by molar-refractivity contribution is 5.97. The van der Waals surface area contributed by atoms with Crippen molar-refractivity contribution >= 4 is 11.5 Å². The van der Waals surface area contributed by atoms with Crippen molar-refractivity contribution in [2.24, 2.45) is 0 Å². The van der Waals surface area contributed by atoms with Gasteiger partial charge in [0.25, 0.3) is 0 Å². The van der Waals surface area contributed by atoms with Gasteiger partial charge in [-0.3, -0.25) is 0 Å². The van der Waals surface area contributed by atoms with Gasteiger partial charge in [0.15, 0.2) is 0 Å². The van der Waals surface area contributed by atoms with Crippen molar-refractivity contribution < 1.29 is 9.53 Å². The van der Waals surface area contributed by atoms with Crippen molar-refractivity contribution in [2.75, 3.05) is 6.61 Å². The van der Waals surface area contributed by atoms with Gasteiger partial charge in [0, 0.05) is 11.4 Å². The number of carbonyl (C=O) groups is 1. The molecule has 0 fully saturated rings. The first kappa shape index (κ1) is 10.7. The minimum atomic E-state index is -0.251. The number of nitrogens with zero attached hydrogens (tertiary/aromatic N) is 1. The molecule has 0 saturated carbocycles. The van der Waals surface area contributed by atoms with Crippen molar-refractivity contribution in [1.29, 1.82) is 0 Å². The molecule has 2 heterocycles. The minimum absolute atomic E-state index is 0.251. The molecule has 0 atom stereocenters. The standard InChI is InChI=1S/C13H15NO2/c1-4-16-13(15)11-8-10(3)14-9(2)6-5-7-12(11)14/h5-8H,4H2,1-3H3. The van der Waals surface area contributed by atoms with Gasteiger partial charge < -0.3 is 9.14 Å². The normalized spacial score (nSPS) is 10.7. The first-order valence-electron chi connectivity index (χ1n) is 5.40. The van der Waals surface area contributed by atoms with Crippen LogP contribution in [-0.2, 0) is 4.74 Å². The molecule has 16 heavy (non-hydrogen) atoms. The van der Waals surface area contributed by atoms with Gasteiger partial charge in [-0.1, -0.05) is 6.07 Å². The second kappa shape index (κ2) is 4.00. The Bertz CT molecular complexity index is 540.